The van der Waals surface area contributed by atoms with Crippen LogP contribution in [0.25, 0.3) is 0 Å². The second kappa shape index (κ2) is 8.84. The van der Waals surface area contributed by atoms with Crippen LogP contribution in [0.3, 0.4) is 0 Å². The number of anilines is 1. The highest BCUT2D eigenvalue weighted by Gasteiger charge is 2.35. The van der Waals surface area contributed by atoms with E-state index in [0.29, 0.717) is 5.92 Å². The molecule has 0 radical (unpaired) electrons. The predicted molar refractivity (Wildman–Crippen MR) is 123 cm³/mol. The topological polar surface area (TPSA) is 55.6 Å². The second-order valence-corrected chi connectivity index (χ2v) is 8.14. The van der Waals surface area contributed by atoms with E-state index < -0.39 is 0 Å². The first-order valence-corrected chi connectivity index (χ1v) is 11.0. The lowest BCUT2D eigenvalue weighted by atomic mass is 9.75. The summed E-state index contributed by atoms with van der Waals surface area (Å²) in [6.07, 6.45) is 8.98. The fourth-order valence-corrected chi connectivity index (χ4v) is 4.58. The van der Waals surface area contributed by atoms with Gasteiger partial charge in [-0.3, -0.25) is 0 Å². The van der Waals surface area contributed by atoms with E-state index in [1.54, 1.807) is 0 Å². The van der Waals surface area contributed by atoms with Gasteiger partial charge < -0.3 is 15.3 Å². The Hall–Kier alpha value is -3.27. The zero-order valence-electron chi connectivity index (χ0n) is 18.6. The van der Waals surface area contributed by atoms with Crippen molar-refractivity contribution in [3.8, 4) is 5.75 Å². The van der Waals surface area contributed by atoms with Gasteiger partial charge in [0.1, 0.15) is 11.5 Å². The molecule has 31 heavy (non-hydrogen) atoms. The van der Waals surface area contributed by atoms with Crippen molar-refractivity contribution in [2.45, 2.75) is 40.0 Å². The number of ether oxygens (including phenoxy) is 1. The quantitative estimate of drug-likeness (QED) is 0.309. The molecule has 2 unspecified atom stereocenters. The standard InChI is InChI=1S/C27H29NO3/c1-5-9-19-14-25-22(12-17(19)3)27(21-11-8-7-10-20(21)16-30-29)23-13-18(4)24(28-6-2)15-26(23)31-25/h7-17,27-28H,5-6H2,1-4H3/b19-9-. The molecule has 0 saturated heterocycles. The average Bonchev–Trinajstić information content (AvgIpc) is 2.75. The van der Waals surface area contributed by atoms with E-state index >= 15 is 0 Å². The van der Waals surface area contributed by atoms with Crippen LogP contribution in [0, 0.1) is 12.8 Å². The highest BCUT2D eigenvalue weighted by molar-refractivity contribution is 5.80. The summed E-state index contributed by atoms with van der Waals surface area (Å²) >= 11 is 0. The number of carbonyl (C=O) groups excluding carboxylic acids is 1. The highest BCUT2D eigenvalue weighted by atomic mass is 17.1. The molecule has 2 aliphatic rings. The smallest absolute Gasteiger partial charge is 0.349 e. The number of aryl methyl sites for hydroxylation is 1. The van der Waals surface area contributed by atoms with Crippen LogP contribution in [0.15, 0.2) is 71.5 Å². The van der Waals surface area contributed by atoms with Crippen LogP contribution in [0.5, 0.6) is 5.75 Å². The third-order valence-electron chi connectivity index (χ3n) is 6.03. The normalized spacial score (nSPS) is 21.2. The number of aldehydes is 1. The zero-order chi connectivity index (χ0) is 22.0. The largest absolute Gasteiger partial charge is 0.463 e. The van der Waals surface area contributed by atoms with Crippen LogP contribution in [0.1, 0.15) is 59.9 Å². The maximum Gasteiger partial charge on any atom is 0.349 e. The van der Waals surface area contributed by atoms with E-state index in [-0.39, 0.29) is 5.92 Å². The van der Waals surface area contributed by atoms with E-state index in [0.717, 1.165) is 52.4 Å². The molecular weight excluding hydrogens is 386 g/mol. The third-order valence-corrected chi connectivity index (χ3v) is 6.03. The summed E-state index contributed by atoms with van der Waals surface area (Å²) < 4.78 is 10.6. The molecule has 1 aliphatic carbocycles. The second-order valence-electron chi connectivity index (χ2n) is 8.14. The first-order chi connectivity index (χ1) is 15.1. The van der Waals surface area contributed by atoms with E-state index in [2.05, 4.69) is 74.0 Å². The van der Waals surface area contributed by atoms with Gasteiger partial charge in [0.05, 0.1) is 5.56 Å². The molecule has 1 aliphatic heterocycles. The van der Waals surface area contributed by atoms with Gasteiger partial charge in [0.2, 0.25) is 0 Å². The lowest BCUT2D eigenvalue weighted by Crippen LogP contribution is -2.22. The van der Waals surface area contributed by atoms with Crippen LogP contribution in [-0.4, -0.2) is 12.8 Å². The Morgan fingerprint density at radius 1 is 1.16 bits per heavy atom. The molecule has 160 valence electrons. The third kappa shape index (κ3) is 3.90. The molecule has 1 heterocycles. The minimum absolute atomic E-state index is 0.0439. The maximum atomic E-state index is 11.0. The molecule has 2 aromatic rings. The summed E-state index contributed by atoms with van der Waals surface area (Å²) in [5, 5.41) is 14.4. The zero-order valence-corrected chi connectivity index (χ0v) is 18.6. The van der Waals surface area contributed by atoms with Gasteiger partial charge in [-0.05, 0) is 61.1 Å². The molecule has 2 atom stereocenters. The van der Waals surface area contributed by atoms with Crippen LogP contribution in [-0.2, 0) is 0 Å². The van der Waals surface area contributed by atoms with Gasteiger partial charge in [0.25, 0.3) is 0 Å². The van der Waals surface area contributed by atoms with Crippen molar-refractivity contribution in [2.24, 2.45) is 5.92 Å². The SMILES string of the molecule is CC/C=C1/C=C2Oc3cc(NCC)c(C)cc3C(c3ccccc3C=[O+][O-])C2=CC1C. The molecule has 0 fully saturated rings. The summed E-state index contributed by atoms with van der Waals surface area (Å²) in [5.41, 5.74) is 7.56. The fraction of sp³-hybridized carbons (Fsp3) is 0.296. The number of benzene rings is 2. The van der Waals surface area contributed by atoms with Crippen molar-refractivity contribution in [3.63, 3.8) is 0 Å². The fourth-order valence-electron chi connectivity index (χ4n) is 4.58. The molecule has 2 aromatic carbocycles. The predicted octanol–water partition coefficient (Wildman–Crippen LogP) is 5.37. The van der Waals surface area contributed by atoms with E-state index in [1.807, 2.05) is 18.2 Å². The van der Waals surface area contributed by atoms with Gasteiger partial charge >= 0.3 is 6.29 Å². The van der Waals surface area contributed by atoms with E-state index in [9.17, 15) is 5.26 Å². The lowest BCUT2D eigenvalue weighted by molar-refractivity contribution is -0.935. The van der Waals surface area contributed by atoms with Crippen LogP contribution < -0.4 is 15.3 Å². The monoisotopic (exact) mass is 415 g/mol. The summed E-state index contributed by atoms with van der Waals surface area (Å²) in [7, 11) is 0. The first-order valence-electron chi connectivity index (χ1n) is 11.0. The Morgan fingerprint density at radius 3 is 2.71 bits per heavy atom. The summed E-state index contributed by atoms with van der Waals surface area (Å²) in [5.74, 6) is 1.97. The molecule has 4 heteroatoms. The van der Waals surface area contributed by atoms with Crippen LogP contribution in [0.2, 0.25) is 0 Å². The molecule has 0 spiro atoms. The van der Waals surface area contributed by atoms with Crippen molar-refractivity contribution in [3.05, 3.63) is 93.8 Å². The Balaban J connectivity index is 1.96. The molecule has 0 aromatic heterocycles. The van der Waals surface area contributed by atoms with Crippen LogP contribution in [0.4, 0.5) is 5.69 Å². The Bertz CT molecular complexity index is 1110. The number of rotatable bonds is 5. The van der Waals surface area contributed by atoms with Gasteiger partial charge in [-0.15, -0.1) is 0 Å². The van der Waals surface area contributed by atoms with Crippen molar-refractivity contribution in [1.82, 2.24) is 0 Å². The molecule has 4 nitrogen and oxygen atoms in total. The number of allylic oxidation sites excluding steroid dienone is 5. The molecule has 0 saturated carbocycles. The Labute approximate surface area is 184 Å². The average molecular weight is 416 g/mol. The Kier molecular flexibility index (Phi) is 5.99. The van der Waals surface area contributed by atoms with Gasteiger partial charge in [-0.1, -0.05) is 44.2 Å². The van der Waals surface area contributed by atoms with Gasteiger partial charge in [0.15, 0.2) is 0 Å². The van der Waals surface area contributed by atoms with E-state index in [4.69, 9.17) is 4.74 Å². The Morgan fingerprint density at radius 2 is 1.97 bits per heavy atom. The van der Waals surface area contributed by atoms with Gasteiger partial charge in [-0.25, -0.2) is 0 Å². The summed E-state index contributed by atoms with van der Waals surface area (Å²) in [6.45, 7) is 9.41. The van der Waals surface area contributed by atoms with Crippen molar-refractivity contribution in [2.75, 3.05) is 11.9 Å². The minimum Gasteiger partial charge on any atom is -0.463 e. The number of nitrogens with one attached hydrogen (secondary N) is 1. The van der Waals surface area contributed by atoms with E-state index in [1.165, 1.54) is 17.4 Å². The highest BCUT2D eigenvalue weighted by Crippen LogP contribution is 2.50. The van der Waals surface area contributed by atoms with Crippen molar-refractivity contribution >= 4 is 12.0 Å². The maximum absolute atomic E-state index is 11.0. The van der Waals surface area contributed by atoms with Crippen molar-refractivity contribution < 1.29 is 14.6 Å². The number of fused-ring (bicyclic) bond motifs is 2. The molecule has 0 amide bonds. The number of hydrogen-bond donors (Lipinski definition) is 1. The summed E-state index contributed by atoms with van der Waals surface area (Å²) in [4.78, 5) is 0. The lowest BCUT2D eigenvalue weighted by Gasteiger charge is -2.35. The van der Waals surface area contributed by atoms with Crippen LogP contribution >= 0.6 is 0 Å². The molecule has 0 bridgehead atoms. The summed E-state index contributed by atoms with van der Waals surface area (Å²) in [6, 6.07) is 12.2. The van der Waals surface area contributed by atoms with Gasteiger partial charge in [-0.2, -0.15) is 4.58 Å². The minimum atomic E-state index is -0.0439. The molecular formula is C27H29NO3. The molecule has 1 N–H and O–H groups in total. The van der Waals surface area contributed by atoms with Crippen molar-refractivity contribution in [1.29, 1.82) is 0 Å². The number of hydrogen-bond acceptors (Lipinski definition) is 3. The molecule has 4 rings (SSSR count). The van der Waals surface area contributed by atoms with Gasteiger partial charge in [0, 0.05) is 35.4 Å². The first kappa shape index (κ1) is 21.0.